The molecule has 6 nitrogen and oxygen atoms in total. The normalized spacial score (nSPS) is 10.5. The van der Waals surface area contributed by atoms with Gasteiger partial charge in [0.25, 0.3) is 0 Å². The van der Waals surface area contributed by atoms with Gasteiger partial charge in [-0.1, -0.05) is 12.1 Å². The Hall–Kier alpha value is -3.22. The van der Waals surface area contributed by atoms with Crippen molar-refractivity contribution in [2.45, 2.75) is 13.0 Å². The summed E-state index contributed by atoms with van der Waals surface area (Å²) in [6.45, 7) is 0.128. The number of methoxy groups -OCH3 is 1. The van der Waals surface area contributed by atoms with E-state index in [0.717, 1.165) is 16.9 Å². The van der Waals surface area contributed by atoms with Crippen LogP contribution in [-0.4, -0.2) is 23.2 Å². The van der Waals surface area contributed by atoms with Crippen LogP contribution in [0.1, 0.15) is 11.5 Å². The Morgan fingerprint density at radius 2 is 1.84 bits per heavy atom. The molecule has 0 atom stereocenters. The first-order valence-corrected chi connectivity index (χ1v) is 7.62. The zero-order valence-corrected chi connectivity index (χ0v) is 13.5. The Kier molecular flexibility index (Phi) is 5.03. The Labute approximate surface area is 143 Å². The molecule has 128 valence electrons. The van der Waals surface area contributed by atoms with Crippen molar-refractivity contribution in [3.63, 3.8) is 0 Å². The molecule has 3 rings (SSSR count). The summed E-state index contributed by atoms with van der Waals surface area (Å²) in [6, 6.07) is 13.0. The van der Waals surface area contributed by atoms with E-state index in [1.165, 1.54) is 12.1 Å². The van der Waals surface area contributed by atoms with E-state index in [-0.39, 0.29) is 24.7 Å². The van der Waals surface area contributed by atoms with E-state index in [9.17, 15) is 9.18 Å². The molecule has 0 aliphatic carbocycles. The minimum Gasteiger partial charge on any atom is -0.497 e. The molecule has 2 aromatic carbocycles. The van der Waals surface area contributed by atoms with Crippen molar-refractivity contribution in [2.75, 3.05) is 7.11 Å². The standard InChI is InChI=1S/C18H16FN3O3/c1-24-15-8-4-13(5-9-15)18-22-21-17(25-18)11-20-16(23)10-12-2-6-14(19)7-3-12/h2-9H,10-11H2,1H3,(H,20,23). The summed E-state index contributed by atoms with van der Waals surface area (Å²) in [4.78, 5) is 11.9. The van der Waals surface area contributed by atoms with Crippen molar-refractivity contribution >= 4 is 5.91 Å². The molecule has 0 spiro atoms. The lowest BCUT2D eigenvalue weighted by molar-refractivity contribution is -0.120. The molecule has 1 heterocycles. The molecule has 1 aromatic heterocycles. The topological polar surface area (TPSA) is 77.3 Å². The maximum absolute atomic E-state index is 12.8. The lowest BCUT2D eigenvalue weighted by atomic mass is 10.1. The number of aromatic nitrogens is 2. The molecule has 1 N–H and O–H groups in total. The molecular weight excluding hydrogens is 325 g/mol. The monoisotopic (exact) mass is 341 g/mol. The summed E-state index contributed by atoms with van der Waals surface area (Å²) in [5.41, 5.74) is 1.49. The second-order valence-corrected chi connectivity index (χ2v) is 5.31. The van der Waals surface area contributed by atoms with Crippen molar-refractivity contribution in [1.29, 1.82) is 0 Å². The molecule has 0 saturated carbocycles. The second-order valence-electron chi connectivity index (χ2n) is 5.31. The number of benzene rings is 2. The van der Waals surface area contributed by atoms with Gasteiger partial charge in [0.15, 0.2) is 0 Å². The van der Waals surface area contributed by atoms with Crippen LogP contribution in [0.15, 0.2) is 52.9 Å². The van der Waals surface area contributed by atoms with Gasteiger partial charge in [0.1, 0.15) is 11.6 Å². The van der Waals surface area contributed by atoms with Gasteiger partial charge < -0.3 is 14.5 Å². The number of rotatable bonds is 6. The predicted octanol–water partition coefficient (Wildman–Crippen LogP) is 2.74. The zero-order chi connectivity index (χ0) is 17.6. The highest BCUT2D eigenvalue weighted by Gasteiger charge is 2.10. The van der Waals surface area contributed by atoms with Gasteiger partial charge >= 0.3 is 0 Å². The molecule has 0 saturated heterocycles. The van der Waals surface area contributed by atoms with E-state index in [1.54, 1.807) is 31.4 Å². The number of nitrogens with one attached hydrogen (secondary N) is 1. The number of halogens is 1. The van der Waals surface area contributed by atoms with Crippen molar-refractivity contribution in [2.24, 2.45) is 0 Å². The van der Waals surface area contributed by atoms with E-state index >= 15 is 0 Å². The van der Waals surface area contributed by atoms with Crippen LogP contribution in [0.2, 0.25) is 0 Å². The number of hydrogen-bond acceptors (Lipinski definition) is 5. The number of hydrogen-bond donors (Lipinski definition) is 1. The molecule has 0 unspecified atom stereocenters. The molecule has 0 fully saturated rings. The van der Waals surface area contributed by atoms with Crippen LogP contribution >= 0.6 is 0 Å². The molecule has 0 aliphatic rings. The summed E-state index contributed by atoms with van der Waals surface area (Å²) in [7, 11) is 1.59. The predicted molar refractivity (Wildman–Crippen MR) is 88.2 cm³/mol. The Balaban J connectivity index is 1.55. The fourth-order valence-electron chi connectivity index (χ4n) is 2.20. The zero-order valence-electron chi connectivity index (χ0n) is 13.5. The summed E-state index contributed by atoms with van der Waals surface area (Å²) >= 11 is 0. The fraction of sp³-hybridized carbons (Fsp3) is 0.167. The smallest absolute Gasteiger partial charge is 0.247 e. The third-order valence-corrected chi connectivity index (χ3v) is 3.52. The quantitative estimate of drug-likeness (QED) is 0.746. The average molecular weight is 341 g/mol. The van der Waals surface area contributed by atoms with Crippen LogP contribution in [0, 0.1) is 5.82 Å². The third kappa shape index (κ3) is 4.41. The summed E-state index contributed by atoms with van der Waals surface area (Å²) in [6.07, 6.45) is 0.153. The first-order chi connectivity index (χ1) is 12.1. The number of carbonyl (C=O) groups is 1. The third-order valence-electron chi connectivity index (χ3n) is 3.52. The van der Waals surface area contributed by atoms with Gasteiger partial charge in [-0.3, -0.25) is 4.79 Å². The summed E-state index contributed by atoms with van der Waals surface area (Å²) in [5.74, 6) is 0.858. The van der Waals surface area contributed by atoms with Crippen molar-refractivity contribution in [3.8, 4) is 17.2 Å². The van der Waals surface area contributed by atoms with Gasteiger partial charge in [-0.25, -0.2) is 4.39 Å². The van der Waals surface area contributed by atoms with E-state index in [2.05, 4.69) is 15.5 Å². The molecular formula is C18H16FN3O3. The van der Waals surface area contributed by atoms with Crippen LogP contribution < -0.4 is 10.1 Å². The van der Waals surface area contributed by atoms with Gasteiger partial charge in [-0.2, -0.15) is 0 Å². The molecule has 3 aromatic rings. The highest BCUT2D eigenvalue weighted by Crippen LogP contribution is 2.21. The highest BCUT2D eigenvalue weighted by molar-refractivity contribution is 5.78. The van der Waals surface area contributed by atoms with E-state index < -0.39 is 0 Å². The summed E-state index contributed by atoms with van der Waals surface area (Å²) < 4.78 is 23.5. The number of nitrogens with zero attached hydrogens (tertiary/aromatic N) is 2. The Bertz CT molecular complexity index is 845. The summed E-state index contributed by atoms with van der Waals surface area (Å²) in [5, 5.41) is 10.6. The van der Waals surface area contributed by atoms with Gasteiger partial charge in [-0.15, -0.1) is 10.2 Å². The van der Waals surface area contributed by atoms with Gasteiger partial charge in [0, 0.05) is 5.56 Å². The van der Waals surface area contributed by atoms with E-state index in [0.29, 0.717) is 11.8 Å². The van der Waals surface area contributed by atoms with Crippen molar-refractivity contribution in [1.82, 2.24) is 15.5 Å². The van der Waals surface area contributed by atoms with Gasteiger partial charge in [-0.05, 0) is 42.0 Å². The molecule has 0 aliphatic heterocycles. The largest absolute Gasteiger partial charge is 0.497 e. The number of carbonyl (C=O) groups excluding carboxylic acids is 1. The van der Waals surface area contributed by atoms with Crippen molar-refractivity contribution < 1.29 is 18.3 Å². The number of amides is 1. The van der Waals surface area contributed by atoms with Gasteiger partial charge in [0.2, 0.25) is 17.7 Å². The minimum absolute atomic E-state index is 0.128. The molecule has 0 radical (unpaired) electrons. The Morgan fingerprint density at radius 1 is 1.12 bits per heavy atom. The van der Waals surface area contributed by atoms with Gasteiger partial charge in [0.05, 0.1) is 20.1 Å². The fourth-order valence-corrected chi connectivity index (χ4v) is 2.20. The van der Waals surface area contributed by atoms with Crippen molar-refractivity contribution in [3.05, 3.63) is 65.8 Å². The first kappa shape index (κ1) is 16.6. The first-order valence-electron chi connectivity index (χ1n) is 7.62. The molecule has 0 bridgehead atoms. The lowest BCUT2D eigenvalue weighted by Crippen LogP contribution is -2.24. The molecule has 7 heteroatoms. The maximum atomic E-state index is 12.8. The van der Waals surface area contributed by atoms with E-state index in [4.69, 9.17) is 9.15 Å². The van der Waals surface area contributed by atoms with Crippen LogP contribution in [0.4, 0.5) is 4.39 Å². The molecule has 1 amide bonds. The van der Waals surface area contributed by atoms with Crippen LogP contribution in [0.25, 0.3) is 11.5 Å². The average Bonchev–Trinajstić information content (AvgIpc) is 3.11. The number of ether oxygens (including phenoxy) is 1. The van der Waals surface area contributed by atoms with Crippen LogP contribution in [0.3, 0.4) is 0 Å². The SMILES string of the molecule is COc1ccc(-c2nnc(CNC(=O)Cc3ccc(F)cc3)o2)cc1. The minimum atomic E-state index is -0.332. The Morgan fingerprint density at radius 3 is 2.52 bits per heavy atom. The van der Waals surface area contributed by atoms with Crippen LogP contribution in [-0.2, 0) is 17.8 Å². The maximum Gasteiger partial charge on any atom is 0.247 e. The van der Waals surface area contributed by atoms with E-state index in [1.807, 2.05) is 12.1 Å². The second kappa shape index (κ2) is 7.57. The lowest BCUT2D eigenvalue weighted by Gasteiger charge is -2.03. The highest BCUT2D eigenvalue weighted by atomic mass is 19.1. The van der Waals surface area contributed by atoms with Crippen LogP contribution in [0.5, 0.6) is 5.75 Å². The molecule has 25 heavy (non-hydrogen) atoms.